The summed E-state index contributed by atoms with van der Waals surface area (Å²) in [5.41, 5.74) is 2.23. The Morgan fingerprint density at radius 2 is 1.48 bits per heavy atom. The highest BCUT2D eigenvalue weighted by Crippen LogP contribution is 2.42. The lowest BCUT2D eigenvalue weighted by atomic mass is 9.99. The molecule has 1 rings (SSSR count). The van der Waals surface area contributed by atoms with Crippen LogP contribution in [0.15, 0.2) is 11.6 Å². The fourth-order valence-electron chi connectivity index (χ4n) is 4.70. The van der Waals surface area contributed by atoms with Crippen LogP contribution in [0.2, 0.25) is 34.8 Å². The molecule has 0 bridgehead atoms. The Bertz CT molecular complexity index is 573. The van der Waals surface area contributed by atoms with Gasteiger partial charge < -0.3 is 23.8 Å². The van der Waals surface area contributed by atoms with E-state index in [0.717, 1.165) is 5.57 Å². The van der Waals surface area contributed by atoms with Gasteiger partial charge in [0.25, 0.3) is 0 Å². The normalized spacial score (nSPS) is 24.8. The molecule has 1 aliphatic rings. The summed E-state index contributed by atoms with van der Waals surface area (Å²) < 4.78 is 19.1. The van der Waals surface area contributed by atoms with Crippen LogP contribution in [0.1, 0.15) is 69.2 Å². The molecule has 1 heterocycles. The van der Waals surface area contributed by atoms with Gasteiger partial charge in [-0.1, -0.05) is 68.4 Å². The zero-order chi connectivity index (χ0) is 24.4. The van der Waals surface area contributed by atoms with Gasteiger partial charge in [-0.05, 0) is 47.3 Å². The van der Waals surface area contributed by atoms with Gasteiger partial charge in [-0.3, -0.25) is 0 Å². The van der Waals surface area contributed by atoms with Crippen molar-refractivity contribution in [1.29, 1.82) is 0 Å². The molecule has 0 aromatic carbocycles. The fraction of sp³-hybridized carbons (Fsp3) is 0.917. The topological polar surface area (TPSA) is 68.2 Å². The minimum absolute atomic E-state index is 0.0795. The van der Waals surface area contributed by atoms with Crippen molar-refractivity contribution in [2.75, 3.05) is 13.2 Å². The third-order valence-corrected chi connectivity index (χ3v) is 18.1. The lowest BCUT2D eigenvalue weighted by Gasteiger charge is -2.44. The molecule has 0 amide bonds. The largest absolute Gasteiger partial charge is 0.414 e. The van der Waals surface area contributed by atoms with Crippen molar-refractivity contribution in [3.63, 3.8) is 0 Å². The molecule has 0 saturated carbocycles. The summed E-state index contributed by atoms with van der Waals surface area (Å²) in [6.07, 6.45) is -0.680. The van der Waals surface area contributed by atoms with Gasteiger partial charge in [0, 0.05) is 0 Å². The van der Waals surface area contributed by atoms with Gasteiger partial charge in [0.05, 0.1) is 13.2 Å². The number of ether oxygens (including phenoxy) is 1. The highest BCUT2D eigenvalue weighted by atomic mass is 28.4. The molecule has 2 N–H and O–H groups in total. The summed E-state index contributed by atoms with van der Waals surface area (Å²) in [6.45, 7) is 26.9. The van der Waals surface area contributed by atoms with Crippen molar-refractivity contribution in [2.24, 2.45) is 0 Å². The number of rotatable bonds is 10. The Hall–Kier alpha value is -0.0262. The van der Waals surface area contributed by atoms with Crippen LogP contribution in [0, 0.1) is 0 Å². The van der Waals surface area contributed by atoms with Crippen LogP contribution in [0.25, 0.3) is 0 Å². The summed E-state index contributed by atoms with van der Waals surface area (Å²) in [5, 5.41) is 21.6. The van der Waals surface area contributed by atoms with E-state index in [1.165, 1.54) is 0 Å². The summed E-state index contributed by atoms with van der Waals surface area (Å²) >= 11 is 0. The second-order valence-electron chi connectivity index (χ2n) is 11.8. The molecule has 0 radical (unpaired) electrons. The molecule has 0 aliphatic carbocycles. The monoisotopic (exact) mass is 474 g/mol. The summed E-state index contributed by atoms with van der Waals surface area (Å²) in [4.78, 5) is 0. The van der Waals surface area contributed by atoms with E-state index in [4.69, 9.17) is 13.6 Å². The second-order valence-corrected chi connectivity index (χ2v) is 22.0. The van der Waals surface area contributed by atoms with Gasteiger partial charge >= 0.3 is 0 Å². The lowest BCUT2D eigenvalue weighted by Crippen LogP contribution is -2.52. The van der Waals surface area contributed by atoms with Crippen molar-refractivity contribution in [3.05, 3.63) is 11.6 Å². The number of hydrogen-bond donors (Lipinski definition) is 2. The molecule has 5 nitrogen and oxygen atoms in total. The molecule has 31 heavy (non-hydrogen) atoms. The minimum atomic E-state index is -2.06. The summed E-state index contributed by atoms with van der Waals surface area (Å²) in [7, 11) is -4.03. The average Bonchev–Trinajstić information content (AvgIpc) is 2.59. The average molecular weight is 475 g/mol. The molecule has 0 spiro atoms. The van der Waals surface area contributed by atoms with Gasteiger partial charge in [-0.25, -0.2) is 0 Å². The molecular weight excluding hydrogens is 424 g/mol. The Morgan fingerprint density at radius 1 is 1.00 bits per heavy atom. The van der Waals surface area contributed by atoms with Crippen LogP contribution >= 0.6 is 0 Å². The Morgan fingerprint density at radius 3 is 1.90 bits per heavy atom. The van der Waals surface area contributed by atoms with Crippen molar-refractivity contribution in [3.8, 4) is 0 Å². The molecule has 0 aromatic rings. The molecule has 4 atom stereocenters. The van der Waals surface area contributed by atoms with Gasteiger partial charge in [0.2, 0.25) is 0 Å². The van der Waals surface area contributed by atoms with E-state index >= 15 is 0 Å². The summed E-state index contributed by atoms with van der Waals surface area (Å²) in [5.74, 6) is 0. The molecule has 184 valence electrons. The number of aliphatic hydroxyl groups is 2. The van der Waals surface area contributed by atoms with Crippen LogP contribution in [-0.4, -0.2) is 64.5 Å². The zero-order valence-corrected chi connectivity index (χ0v) is 24.2. The molecule has 0 saturated heterocycles. The Labute approximate surface area is 193 Å². The Kier molecular flexibility index (Phi) is 10.2. The van der Waals surface area contributed by atoms with E-state index in [2.05, 4.69) is 75.4 Å². The maximum Gasteiger partial charge on any atom is 0.200 e. The predicted molar refractivity (Wildman–Crippen MR) is 135 cm³/mol. The van der Waals surface area contributed by atoms with Gasteiger partial charge in [-0.15, -0.1) is 0 Å². The maximum atomic E-state index is 10.9. The first-order chi connectivity index (χ1) is 14.0. The molecule has 7 heteroatoms. The van der Waals surface area contributed by atoms with Crippen LogP contribution in [-0.2, 0) is 13.6 Å². The lowest BCUT2D eigenvalue weighted by molar-refractivity contribution is -0.123. The standard InChI is InChI=1S/C24H50O5Si2/c1-16(2)31(17(3)4,18(5)6)28-15-22-20(25)13-19(7)23(29-22)21(26)14-27-30(11,12)24(8,9)10/h13,16-18,20-23,25-26H,14-15H2,1-12H3/t20-,21+,22+,23+/m0/s1. The predicted octanol–water partition coefficient (Wildman–Crippen LogP) is 5.64. The highest BCUT2D eigenvalue weighted by molar-refractivity contribution is 6.77. The van der Waals surface area contributed by atoms with E-state index < -0.39 is 41.1 Å². The number of aliphatic hydroxyl groups excluding tert-OH is 2. The van der Waals surface area contributed by atoms with Gasteiger partial charge in [0.15, 0.2) is 16.6 Å². The van der Waals surface area contributed by atoms with Crippen LogP contribution in [0.3, 0.4) is 0 Å². The van der Waals surface area contributed by atoms with E-state index in [9.17, 15) is 10.2 Å². The first-order valence-corrected chi connectivity index (χ1v) is 17.0. The number of hydrogen-bond acceptors (Lipinski definition) is 5. The van der Waals surface area contributed by atoms with E-state index in [-0.39, 0.29) is 11.6 Å². The maximum absolute atomic E-state index is 10.9. The Balaban J connectivity index is 2.91. The summed E-state index contributed by atoms with van der Waals surface area (Å²) in [6, 6.07) is 0. The van der Waals surface area contributed by atoms with Crippen LogP contribution in [0.4, 0.5) is 0 Å². The smallest absolute Gasteiger partial charge is 0.200 e. The first kappa shape index (κ1) is 29.0. The van der Waals surface area contributed by atoms with Gasteiger partial charge in [-0.2, -0.15) is 0 Å². The highest BCUT2D eigenvalue weighted by Gasteiger charge is 2.46. The third-order valence-electron chi connectivity index (χ3n) is 7.56. The quantitative estimate of drug-likeness (QED) is 0.317. The van der Waals surface area contributed by atoms with E-state index in [1.54, 1.807) is 6.08 Å². The van der Waals surface area contributed by atoms with Gasteiger partial charge in [0.1, 0.15) is 24.4 Å². The van der Waals surface area contributed by atoms with Crippen molar-refractivity contribution < 1.29 is 23.8 Å². The first-order valence-electron chi connectivity index (χ1n) is 11.9. The molecule has 1 aliphatic heterocycles. The molecule has 0 fully saturated rings. The zero-order valence-electron chi connectivity index (χ0n) is 22.2. The minimum Gasteiger partial charge on any atom is -0.414 e. The van der Waals surface area contributed by atoms with Crippen molar-refractivity contribution in [2.45, 2.75) is 128 Å². The van der Waals surface area contributed by atoms with Crippen molar-refractivity contribution >= 4 is 16.6 Å². The molecular formula is C24H50O5Si2. The van der Waals surface area contributed by atoms with Crippen LogP contribution in [0.5, 0.6) is 0 Å². The third kappa shape index (κ3) is 6.74. The molecule has 0 unspecified atom stereocenters. The van der Waals surface area contributed by atoms with Crippen molar-refractivity contribution in [1.82, 2.24) is 0 Å². The second kappa shape index (κ2) is 10.9. The van der Waals surface area contributed by atoms with E-state index in [0.29, 0.717) is 23.2 Å². The van der Waals surface area contributed by atoms with E-state index in [1.807, 2.05) is 6.92 Å². The van der Waals surface area contributed by atoms with Crippen LogP contribution < -0.4 is 0 Å². The fourth-order valence-corrected chi connectivity index (χ4v) is 11.2. The molecule has 0 aromatic heterocycles. The SMILES string of the molecule is CC1=C[C@H](O)[C@@H](CO[Si](C(C)C)(C(C)C)C(C)C)O[C@H]1[C@H](O)CO[Si](C)(C)C(C)(C)C.